The summed E-state index contributed by atoms with van der Waals surface area (Å²) >= 11 is -2.34. The van der Waals surface area contributed by atoms with E-state index in [4.69, 9.17) is 26.6 Å². The minimum absolute atomic E-state index is 0.729. The van der Waals surface area contributed by atoms with Crippen molar-refractivity contribution in [1.82, 2.24) is 0 Å². The topological polar surface area (TPSA) is 55.4 Å². The molecule has 0 aromatic heterocycles. The molecule has 0 radical (unpaired) electrons. The molecule has 0 fully saturated rings. The van der Waals surface area contributed by atoms with Crippen LogP contribution in [0.1, 0.15) is 107 Å². The van der Waals surface area contributed by atoms with Crippen molar-refractivity contribution in [2.24, 2.45) is 0 Å². The maximum absolute atomic E-state index is 6.33. The predicted molar refractivity (Wildman–Crippen MR) is 179 cm³/mol. The first-order valence-electron chi connectivity index (χ1n) is 16.0. The van der Waals surface area contributed by atoms with Crippen molar-refractivity contribution in [3.63, 3.8) is 0 Å². The van der Waals surface area contributed by atoms with E-state index >= 15 is 0 Å². The summed E-state index contributed by atoms with van der Waals surface area (Å²) in [6.07, 6.45) is 8.21. The number of hydrogen-bond donors (Lipinski definition) is 0. The van der Waals surface area contributed by atoms with Crippen LogP contribution in [0.25, 0.3) is 0 Å². The molecular formula is C28H64O6S2Si2Sn. The molecule has 0 saturated carbocycles. The van der Waals surface area contributed by atoms with Gasteiger partial charge < -0.3 is 0 Å². The average molecular weight is 736 g/mol. The molecular weight excluding hydrogens is 671 g/mol. The van der Waals surface area contributed by atoms with Gasteiger partial charge in [0.25, 0.3) is 0 Å². The van der Waals surface area contributed by atoms with Crippen LogP contribution >= 0.6 is 17.9 Å². The van der Waals surface area contributed by atoms with Gasteiger partial charge >= 0.3 is 257 Å². The number of rotatable bonds is 30. The molecule has 0 rings (SSSR count). The van der Waals surface area contributed by atoms with Crippen molar-refractivity contribution >= 4 is 51.1 Å². The molecule has 39 heavy (non-hydrogen) atoms. The molecule has 0 spiro atoms. The first-order chi connectivity index (χ1) is 18.9. The van der Waals surface area contributed by atoms with Gasteiger partial charge in [-0.15, -0.1) is 0 Å². The quantitative estimate of drug-likeness (QED) is 0.0535. The molecule has 0 aliphatic heterocycles. The molecule has 6 nitrogen and oxygen atoms in total. The van der Waals surface area contributed by atoms with Gasteiger partial charge in [-0.2, -0.15) is 0 Å². The monoisotopic (exact) mass is 736 g/mol. The van der Waals surface area contributed by atoms with Gasteiger partial charge in [-0.25, -0.2) is 0 Å². The van der Waals surface area contributed by atoms with Gasteiger partial charge in [0.05, 0.1) is 0 Å². The summed E-state index contributed by atoms with van der Waals surface area (Å²) < 4.78 is 40.7. The molecule has 0 N–H and O–H groups in total. The van der Waals surface area contributed by atoms with Gasteiger partial charge in [-0.05, 0) is 0 Å². The Morgan fingerprint density at radius 1 is 0.436 bits per heavy atom. The van der Waals surface area contributed by atoms with E-state index < -0.39 is 33.2 Å². The second-order valence-electron chi connectivity index (χ2n) is 9.98. The van der Waals surface area contributed by atoms with Gasteiger partial charge in [0, 0.05) is 0 Å². The van der Waals surface area contributed by atoms with Crippen LogP contribution in [-0.4, -0.2) is 84.4 Å². The second-order valence-corrected chi connectivity index (χ2v) is 43.2. The van der Waals surface area contributed by atoms with Crippen molar-refractivity contribution in [2.75, 3.05) is 51.1 Å². The molecule has 0 atom stereocenters. The third-order valence-corrected chi connectivity index (χ3v) is 45.2. The fourth-order valence-corrected chi connectivity index (χ4v) is 35.4. The van der Waals surface area contributed by atoms with E-state index in [1.165, 1.54) is 20.4 Å². The minimum atomic E-state index is -2.59. The van der Waals surface area contributed by atoms with Crippen molar-refractivity contribution in [2.45, 2.75) is 128 Å². The summed E-state index contributed by atoms with van der Waals surface area (Å²) in [6, 6.07) is 1.87. The zero-order chi connectivity index (χ0) is 29.3. The molecule has 0 aliphatic carbocycles. The van der Waals surface area contributed by atoms with E-state index in [0.29, 0.717) is 0 Å². The van der Waals surface area contributed by atoms with Gasteiger partial charge in [0.2, 0.25) is 0 Å². The van der Waals surface area contributed by atoms with E-state index in [9.17, 15) is 0 Å². The van der Waals surface area contributed by atoms with Crippen LogP contribution in [-0.2, 0) is 26.6 Å². The van der Waals surface area contributed by atoms with E-state index in [2.05, 4.69) is 73.3 Å². The molecule has 0 amide bonds. The van der Waals surface area contributed by atoms with Crippen molar-refractivity contribution in [3.05, 3.63) is 0 Å². The van der Waals surface area contributed by atoms with Crippen LogP contribution in [0.5, 0.6) is 0 Å². The Labute approximate surface area is 255 Å². The maximum atomic E-state index is 6.33. The van der Waals surface area contributed by atoms with Gasteiger partial charge in [-0.1, -0.05) is 0 Å². The Kier molecular flexibility index (Phi) is 27.3. The Hall–Kier alpha value is 1.69. The first-order valence-corrected chi connectivity index (χ1v) is 32.9. The SMILES string of the molecule is CCCO[Si](CCC[S][Sn]([CH2]C)([CH2]C)[S]CCC[Si](OCCC)(OCCC)OCCC)(OCCC)OCCC. The Morgan fingerprint density at radius 2 is 0.692 bits per heavy atom. The molecule has 11 heteroatoms. The van der Waals surface area contributed by atoms with Crippen LogP contribution in [0.4, 0.5) is 0 Å². The van der Waals surface area contributed by atoms with Crippen LogP contribution in [0.3, 0.4) is 0 Å². The molecule has 0 aliphatic rings. The summed E-state index contributed by atoms with van der Waals surface area (Å²) in [7, 11) is -0.536. The van der Waals surface area contributed by atoms with Gasteiger partial charge in [0.1, 0.15) is 0 Å². The molecule has 0 heterocycles. The predicted octanol–water partition coefficient (Wildman–Crippen LogP) is 9.15. The Balaban J connectivity index is 5.07. The van der Waals surface area contributed by atoms with Crippen molar-refractivity contribution < 1.29 is 26.6 Å². The molecule has 236 valence electrons. The van der Waals surface area contributed by atoms with Crippen molar-refractivity contribution in [1.29, 1.82) is 0 Å². The summed E-state index contributed by atoms with van der Waals surface area (Å²) in [5.74, 6) is 2.38. The van der Waals surface area contributed by atoms with Crippen LogP contribution < -0.4 is 0 Å². The van der Waals surface area contributed by atoms with Crippen LogP contribution in [0.2, 0.25) is 21.0 Å². The molecule has 0 bridgehead atoms. The van der Waals surface area contributed by atoms with E-state index in [0.717, 1.165) is 103 Å². The molecule has 0 unspecified atom stereocenters. The third-order valence-electron chi connectivity index (χ3n) is 6.22. The third kappa shape index (κ3) is 18.2. The summed E-state index contributed by atoms with van der Waals surface area (Å²) in [4.78, 5) is 0. The fraction of sp³-hybridized carbons (Fsp3) is 1.00. The Bertz CT molecular complexity index is 465. The summed E-state index contributed by atoms with van der Waals surface area (Å²) in [6.45, 7) is 22.2. The summed E-state index contributed by atoms with van der Waals surface area (Å²) in [5.41, 5.74) is 0. The summed E-state index contributed by atoms with van der Waals surface area (Å²) in [5, 5.41) is 0. The van der Waals surface area contributed by atoms with Gasteiger partial charge in [-0.3, -0.25) is 0 Å². The first kappa shape index (κ1) is 40.7. The van der Waals surface area contributed by atoms with E-state index in [1.807, 2.05) is 0 Å². The normalized spacial score (nSPS) is 12.9. The van der Waals surface area contributed by atoms with Gasteiger partial charge in [0.15, 0.2) is 0 Å². The Morgan fingerprint density at radius 3 is 0.897 bits per heavy atom. The molecule has 0 aromatic carbocycles. The zero-order valence-electron chi connectivity index (χ0n) is 26.9. The second kappa shape index (κ2) is 26.1. The van der Waals surface area contributed by atoms with Crippen LogP contribution in [0, 0.1) is 0 Å². The van der Waals surface area contributed by atoms with E-state index in [1.54, 1.807) is 0 Å². The standard InChI is InChI=1S/2C12H28O3SSi.2C2H5.Sn/c2*1-4-8-13-17(12-7-11-16,14-9-5-2)15-10-6-3;2*1-2;/h2*16H,4-12H2,1-3H3;2*1H2,2H3;/q;;;;+2/p-2. The average Bonchev–Trinajstić information content (AvgIpc) is 2.97. The number of hydrogen-bond acceptors (Lipinski definition) is 8. The molecule has 0 saturated heterocycles. The fourth-order valence-electron chi connectivity index (χ4n) is 4.02. The van der Waals surface area contributed by atoms with Crippen LogP contribution in [0.15, 0.2) is 0 Å². The molecule has 0 aromatic rings. The van der Waals surface area contributed by atoms with Crippen molar-refractivity contribution in [3.8, 4) is 0 Å². The zero-order valence-corrected chi connectivity index (χ0v) is 33.4. The van der Waals surface area contributed by atoms with E-state index in [-0.39, 0.29) is 0 Å².